The minimum Gasteiger partial charge on any atom is -0.481 e. The largest absolute Gasteiger partial charge is 0.481 e. The van der Waals surface area contributed by atoms with Crippen molar-refractivity contribution in [3.63, 3.8) is 0 Å². The van der Waals surface area contributed by atoms with E-state index >= 15 is 0 Å². The highest BCUT2D eigenvalue weighted by molar-refractivity contribution is 5.86. The van der Waals surface area contributed by atoms with Crippen LogP contribution in [0.4, 0.5) is 0 Å². The number of carboxylic acid groups (broad SMARTS) is 3. The maximum absolute atomic E-state index is 11.9. The van der Waals surface area contributed by atoms with Gasteiger partial charge < -0.3 is 20.2 Å². The Hall–Kier alpha value is -2.12. The van der Waals surface area contributed by atoms with Crippen molar-refractivity contribution in [2.75, 3.05) is 6.54 Å². The fourth-order valence-corrected chi connectivity index (χ4v) is 2.22. The molecular weight excluding hydrogens is 318 g/mol. The summed E-state index contributed by atoms with van der Waals surface area (Å²) in [6.07, 6.45) is 0.559. The monoisotopic (exact) mass is 347 g/mol. The molecule has 8 nitrogen and oxygen atoms in total. The quantitative estimate of drug-likeness (QED) is 0.600. The SMILES string of the molecule is CC.CC.O=C(O)CCCCC(=O)N1CC(C(=O)O)CC1C(=O)O. The van der Waals surface area contributed by atoms with Crippen LogP contribution in [0.5, 0.6) is 0 Å². The van der Waals surface area contributed by atoms with Crippen LogP contribution in [0.15, 0.2) is 0 Å². The smallest absolute Gasteiger partial charge is 0.326 e. The number of rotatable bonds is 7. The van der Waals surface area contributed by atoms with Crippen LogP contribution < -0.4 is 0 Å². The van der Waals surface area contributed by atoms with Gasteiger partial charge in [0, 0.05) is 19.4 Å². The molecule has 0 aromatic rings. The van der Waals surface area contributed by atoms with E-state index in [1.54, 1.807) is 0 Å². The van der Waals surface area contributed by atoms with E-state index in [0.717, 1.165) is 4.90 Å². The standard InChI is InChI=1S/C12H17NO7.2C2H6/c14-9(3-1-2-4-10(15)16)13-6-7(11(17)18)5-8(13)12(19)20;2*1-2/h7-8H,1-6H2,(H,15,16)(H,17,18)(H,19,20);2*1-2H3. The first kappa shape index (κ1) is 24.1. The van der Waals surface area contributed by atoms with Crippen LogP contribution in [-0.4, -0.2) is 56.6 Å². The van der Waals surface area contributed by atoms with Gasteiger partial charge in [-0.25, -0.2) is 4.79 Å². The molecule has 1 aliphatic heterocycles. The van der Waals surface area contributed by atoms with Gasteiger partial charge in [0.05, 0.1) is 5.92 Å². The Kier molecular flexibility index (Phi) is 13.4. The third-order valence-electron chi connectivity index (χ3n) is 3.29. The molecule has 1 aliphatic rings. The Labute approximate surface area is 142 Å². The summed E-state index contributed by atoms with van der Waals surface area (Å²) in [5.74, 6) is -4.58. The Balaban J connectivity index is 0. The van der Waals surface area contributed by atoms with Crippen molar-refractivity contribution in [3.05, 3.63) is 0 Å². The number of hydrogen-bond donors (Lipinski definition) is 3. The molecule has 2 atom stereocenters. The molecule has 3 N–H and O–H groups in total. The molecule has 0 radical (unpaired) electrons. The van der Waals surface area contributed by atoms with E-state index in [-0.39, 0.29) is 25.8 Å². The van der Waals surface area contributed by atoms with Crippen molar-refractivity contribution in [3.8, 4) is 0 Å². The molecule has 1 amide bonds. The molecule has 8 heteroatoms. The van der Waals surface area contributed by atoms with Crippen LogP contribution >= 0.6 is 0 Å². The first-order valence-electron chi connectivity index (χ1n) is 8.29. The Bertz CT molecular complexity index is 423. The van der Waals surface area contributed by atoms with Gasteiger partial charge in [-0.1, -0.05) is 27.7 Å². The first-order chi connectivity index (χ1) is 11.3. The molecule has 1 rings (SSSR count). The van der Waals surface area contributed by atoms with E-state index in [9.17, 15) is 19.2 Å². The van der Waals surface area contributed by atoms with Crippen molar-refractivity contribution in [1.29, 1.82) is 0 Å². The molecule has 1 fully saturated rings. The van der Waals surface area contributed by atoms with Crippen LogP contribution in [0.25, 0.3) is 0 Å². The summed E-state index contributed by atoms with van der Waals surface area (Å²) >= 11 is 0. The Morgan fingerprint density at radius 1 is 0.875 bits per heavy atom. The van der Waals surface area contributed by atoms with Crippen molar-refractivity contribution >= 4 is 23.8 Å². The number of carbonyl (C=O) groups excluding carboxylic acids is 1. The third-order valence-corrected chi connectivity index (χ3v) is 3.29. The van der Waals surface area contributed by atoms with Crippen LogP contribution in [0, 0.1) is 5.92 Å². The second-order valence-electron chi connectivity index (χ2n) is 4.77. The highest BCUT2D eigenvalue weighted by Gasteiger charge is 2.42. The minimum absolute atomic E-state index is 0.0311. The summed E-state index contributed by atoms with van der Waals surface area (Å²) in [5, 5.41) is 26.4. The highest BCUT2D eigenvalue weighted by atomic mass is 16.4. The van der Waals surface area contributed by atoms with E-state index < -0.39 is 35.8 Å². The Morgan fingerprint density at radius 3 is 1.79 bits per heavy atom. The number of aliphatic carboxylic acids is 3. The van der Waals surface area contributed by atoms with E-state index in [4.69, 9.17) is 15.3 Å². The molecule has 0 aromatic heterocycles. The summed E-state index contributed by atoms with van der Waals surface area (Å²) in [7, 11) is 0. The Morgan fingerprint density at radius 2 is 1.38 bits per heavy atom. The normalized spacial score (nSPS) is 18.6. The lowest BCUT2D eigenvalue weighted by molar-refractivity contribution is -0.148. The topological polar surface area (TPSA) is 132 Å². The fraction of sp³-hybridized carbons (Fsp3) is 0.750. The maximum atomic E-state index is 11.9. The van der Waals surface area contributed by atoms with Gasteiger partial charge in [-0.05, 0) is 19.3 Å². The molecule has 0 aliphatic carbocycles. The molecule has 24 heavy (non-hydrogen) atoms. The molecule has 2 unspecified atom stereocenters. The number of unbranched alkanes of at least 4 members (excludes halogenated alkanes) is 1. The number of carboxylic acids is 3. The molecule has 0 bridgehead atoms. The lowest BCUT2D eigenvalue weighted by Gasteiger charge is -2.21. The molecule has 1 saturated heterocycles. The summed E-state index contributed by atoms with van der Waals surface area (Å²) in [4.78, 5) is 45.2. The van der Waals surface area contributed by atoms with Crippen LogP contribution in [-0.2, 0) is 19.2 Å². The number of carbonyl (C=O) groups is 4. The van der Waals surface area contributed by atoms with Gasteiger partial charge in [-0.3, -0.25) is 14.4 Å². The lowest BCUT2D eigenvalue weighted by Crippen LogP contribution is -2.40. The predicted molar refractivity (Wildman–Crippen MR) is 87.7 cm³/mol. The minimum atomic E-state index is -1.22. The fourth-order valence-electron chi connectivity index (χ4n) is 2.22. The van der Waals surface area contributed by atoms with Crippen molar-refractivity contribution in [1.82, 2.24) is 4.90 Å². The van der Waals surface area contributed by atoms with Gasteiger partial charge in [0.25, 0.3) is 0 Å². The molecule has 140 valence electrons. The summed E-state index contributed by atoms with van der Waals surface area (Å²) < 4.78 is 0. The zero-order valence-corrected chi connectivity index (χ0v) is 14.8. The zero-order chi connectivity index (χ0) is 19.3. The summed E-state index contributed by atoms with van der Waals surface area (Å²) in [5.41, 5.74) is 0. The van der Waals surface area contributed by atoms with E-state index in [2.05, 4.69) is 0 Å². The summed E-state index contributed by atoms with van der Waals surface area (Å²) in [6, 6.07) is -1.11. The summed E-state index contributed by atoms with van der Waals surface area (Å²) in [6.45, 7) is 7.89. The van der Waals surface area contributed by atoms with E-state index in [1.165, 1.54) is 0 Å². The number of amides is 1. The van der Waals surface area contributed by atoms with Crippen LogP contribution in [0.1, 0.15) is 59.8 Å². The second-order valence-corrected chi connectivity index (χ2v) is 4.77. The maximum Gasteiger partial charge on any atom is 0.326 e. The molecular formula is C16H29NO7. The van der Waals surface area contributed by atoms with Crippen molar-refractivity contribution < 1.29 is 34.5 Å². The number of hydrogen-bond acceptors (Lipinski definition) is 4. The van der Waals surface area contributed by atoms with Crippen molar-refractivity contribution in [2.45, 2.75) is 65.8 Å². The van der Waals surface area contributed by atoms with E-state index in [0.29, 0.717) is 12.8 Å². The van der Waals surface area contributed by atoms with Gasteiger partial charge in [0.1, 0.15) is 6.04 Å². The molecule has 1 heterocycles. The van der Waals surface area contributed by atoms with Crippen molar-refractivity contribution in [2.24, 2.45) is 5.92 Å². The predicted octanol–water partition coefficient (Wildman–Crippen LogP) is 2.07. The molecule has 0 saturated carbocycles. The van der Waals surface area contributed by atoms with Gasteiger partial charge >= 0.3 is 17.9 Å². The van der Waals surface area contributed by atoms with Gasteiger partial charge in [0.2, 0.25) is 5.91 Å². The van der Waals surface area contributed by atoms with Gasteiger partial charge in [0.15, 0.2) is 0 Å². The zero-order valence-electron chi connectivity index (χ0n) is 14.8. The highest BCUT2D eigenvalue weighted by Crippen LogP contribution is 2.25. The van der Waals surface area contributed by atoms with E-state index in [1.807, 2.05) is 27.7 Å². The number of nitrogens with zero attached hydrogens (tertiary/aromatic N) is 1. The molecule has 0 aromatic carbocycles. The first-order valence-corrected chi connectivity index (χ1v) is 8.29. The van der Waals surface area contributed by atoms with Gasteiger partial charge in [-0.2, -0.15) is 0 Å². The molecule has 0 spiro atoms. The third kappa shape index (κ3) is 8.50. The average molecular weight is 347 g/mol. The average Bonchev–Trinajstić information content (AvgIpc) is 3.01. The van der Waals surface area contributed by atoms with Crippen LogP contribution in [0.3, 0.4) is 0 Å². The van der Waals surface area contributed by atoms with Crippen LogP contribution in [0.2, 0.25) is 0 Å². The van der Waals surface area contributed by atoms with Gasteiger partial charge in [-0.15, -0.1) is 0 Å². The number of likely N-dealkylation sites (tertiary alicyclic amines) is 1. The second kappa shape index (κ2) is 13.3. The lowest BCUT2D eigenvalue weighted by atomic mass is 10.1.